The predicted octanol–water partition coefficient (Wildman–Crippen LogP) is 3.48. The third-order valence-corrected chi connectivity index (χ3v) is 4.86. The van der Waals surface area contributed by atoms with Crippen LogP contribution < -0.4 is 5.32 Å². The minimum absolute atomic E-state index is 0.451. The quantitative estimate of drug-likeness (QED) is 0.852. The highest BCUT2D eigenvalue weighted by Crippen LogP contribution is 2.35. The molecule has 0 radical (unpaired) electrons. The van der Waals surface area contributed by atoms with E-state index in [-0.39, 0.29) is 0 Å². The molecule has 0 spiro atoms. The largest absolute Gasteiger partial charge is 0.381 e. The van der Waals surface area contributed by atoms with Gasteiger partial charge in [0.2, 0.25) is 0 Å². The van der Waals surface area contributed by atoms with E-state index in [4.69, 9.17) is 4.74 Å². The minimum Gasteiger partial charge on any atom is -0.381 e. The Kier molecular flexibility index (Phi) is 5.22. The van der Waals surface area contributed by atoms with Gasteiger partial charge < -0.3 is 10.1 Å². The summed E-state index contributed by atoms with van der Waals surface area (Å²) in [5, 5.41) is 5.81. The first-order valence-corrected chi connectivity index (χ1v) is 7.92. The molecule has 3 heteroatoms. The molecular formula is C15H25NOS. The molecule has 102 valence electrons. The van der Waals surface area contributed by atoms with Crippen molar-refractivity contribution in [3.05, 3.63) is 22.4 Å². The van der Waals surface area contributed by atoms with Gasteiger partial charge in [-0.05, 0) is 42.5 Å². The molecule has 0 amide bonds. The van der Waals surface area contributed by atoms with Gasteiger partial charge in [-0.3, -0.25) is 0 Å². The smallest absolute Gasteiger partial charge is 0.0471 e. The summed E-state index contributed by atoms with van der Waals surface area (Å²) >= 11 is 1.88. The van der Waals surface area contributed by atoms with E-state index in [1.54, 1.807) is 0 Å². The lowest BCUT2D eigenvalue weighted by molar-refractivity contribution is 0.00979. The van der Waals surface area contributed by atoms with Gasteiger partial charge in [0.05, 0.1) is 0 Å². The Bertz CT molecular complexity index is 328. The first kappa shape index (κ1) is 14.0. The van der Waals surface area contributed by atoms with E-state index in [0.29, 0.717) is 11.5 Å². The van der Waals surface area contributed by atoms with E-state index >= 15 is 0 Å². The number of ether oxygens (including phenoxy) is 1. The molecule has 0 bridgehead atoms. The van der Waals surface area contributed by atoms with Gasteiger partial charge >= 0.3 is 0 Å². The van der Waals surface area contributed by atoms with Crippen LogP contribution in [0.3, 0.4) is 0 Å². The Balaban J connectivity index is 1.91. The second-order valence-electron chi connectivity index (χ2n) is 5.73. The van der Waals surface area contributed by atoms with Gasteiger partial charge in [-0.25, -0.2) is 0 Å². The molecule has 1 aliphatic rings. The molecule has 0 atom stereocenters. The summed E-state index contributed by atoms with van der Waals surface area (Å²) in [6.45, 7) is 7.46. The highest BCUT2D eigenvalue weighted by molar-refractivity contribution is 7.09. The number of aryl methyl sites for hydroxylation is 1. The van der Waals surface area contributed by atoms with Crippen molar-refractivity contribution in [3.8, 4) is 0 Å². The molecule has 0 unspecified atom stereocenters. The van der Waals surface area contributed by atoms with Crippen LogP contribution in [-0.4, -0.2) is 25.8 Å². The van der Waals surface area contributed by atoms with Gasteiger partial charge in [0.25, 0.3) is 0 Å². The molecule has 1 aromatic heterocycles. The average Bonchev–Trinajstić information content (AvgIpc) is 2.89. The van der Waals surface area contributed by atoms with Gasteiger partial charge in [0, 0.05) is 30.7 Å². The molecule has 0 aromatic carbocycles. The van der Waals surface area contributed by atoms with E-state index < -0.39 is 0 Å². The van der Waals surface area contributed by atoms with Crippen molar-refractivity contribution < 1.29 is 4.74 Å². The molecule has 1 saturated heterocycles. The number of hydrogen-bond acceptors (Lipinski definition) is 3. The van der Waals surface area contributed by atoms with E-state index in [9.17, 15) is 0 Å². The lowest BCUT2D eigenvalue weighted by Gasteiger charge is -2.38. The van der Waals surface area contributed by atoms with Crippen molar-refractivity contribution >= 4 is 11.3 Å². The van der Waals surface area contributed by atoms with Crippen LogP contribution in [-0.2, 0) is 11.2 Å². The monoisotopic (exact) mass is 267 g/mol. The number of hydrogen-bond donors (Lipinski definition) is 1. The summed E-state index contributed by atoms with van der Waals surface area (Å²) in [5.41, 5.74) is 0.451. The normalized spacial score (nSPS) is 19.3. The maximum absolute atomic E-state index is 5.54. The molecule has 0 saturated carbocycles. The maximum Gasteiger partial charge on any atom is 0.0471 e. The van der Waals surface area contributed by atoms with Crippen LogP contribution in [0, 0.1) is 5.41 Å². The van der Waals surface area contributed by atoms with Crippen molar-refractivity contribution in [2.75, 3.05) is 19.8 Å². The fourth-order valence-electron chi connectivity index (χ4n) is 2.58. The van der Waals surface area contributed by atoms with Gasteiger partial charge in [-0.1, -0.05) is 19.9 Å². The van der Waals surface area contributed by atoms with Crippen LogP contribution in [0.15, 0.2) is 17.5 Å². The maximum atomic E-state index is 5.54. The molecule has 0 aliphatic carbocycles. The van der Waals surface area contributed by atoms with Crippen LogP contribution in [0.5, 0.6) is 0 Å². The second-order valence-corrected chi connectivity index (χ2v) is 6.76. The number of thiophene rings is 1. The summed E-state index contributed by atoms with van der Waals surface area (Å²) in [4.78, 5) is 1.52. The van der Waals surface area contributed by atoms with E-state index in [1.165, 1.54) is 30.6 Å². The van der Waals surface area contributed by atoms with E-state index in [0.717, 1.165) is 19.8 Å². The fourth-order valence-corrected chi connectivity index (χ4v) is 3.29. The molecule has 2 nitrogen and oxygen atoms in total. The molecule has 1 N–H and O–H groups in total. The molecular weight excluding hydrogens is 242 g/mol. The van der Waals surface area contributed by atoms with Crippen molar-refractivity contribution in [1.82, 2.24) is 5.32 Å². The molecule has 18 heavy (non-hydrogen) atoms. The average molecular weight is 267 g/mol. The Morgan fingerprint density at radius 2 is 2.17 bits per heavy atom. The first-order chi connectivity index (χ1) is 8.70. The summed E-state index contributed by atoms with van der Waals surface area (Å²) in [7, 11) is 0. The fraction of sp³-hybridized carbons (Fsp3) is 0.733. The highest BCUT2D eigenvalue weighted by Gasteiger charge is 2.32. The van der Waals surface area contributed by atoms with Gasteiger partial charge in [-0.2, -0.15) is 0 Å². The van der Waals surface area contributed by atoms with Gasteiger partial charge in [-0.15, -0.1) is 11.3 Å². The summed E-state index contributed by atoms with van der Waals surface area (Å²) in [6.07, 6.45) is 4.92. The van der Waals surface area contributed by atoms with Gasteiger partial charge in [0.1, 0.15) is 0 Å². The van der Waals surface area contributed by atoms with Crippen LogP contribution in [0.4, 0.5) is 0 Å². The molecule has 2 rings (SSSR count). The summed E-state index contributed by atoms with van der Waals surface area (Å²) in [6, 6.07) is 4.99. The van der Waals surface area contributed by atoms with Crippen LogP contribution in [0.25, 0.3) is 0 Å². The number of rotatable bonds is 6. The number of nitrogens with one attached hydrogen (secondary N) is 1. The minimum atomic E-state index is 0.451. The zero-order chi connectivity index (χ0) is 12.8. The Morgan fingerprint density at radius 3 is 2.78 bits per heavy atom. The van der Waals surface area contributed by atoms with Crippen molar-refractivity contribution in [1.29, 1.82) is 0 Å². The van der Waals surface area contributed by atoms with Crippen molar-refractivity contribution in [3.63, 3.8) is 0 Å². The Morgan fingerprint density at radius 1 is 1.39 bits per heavy atom. The highest BCUT2D eigenvalue weighted by atomic mass is 32.1. The second kappa shape index (κ2) is 6.69. The van der Waals surface area contributed by atoms with E-state index in [1.807, 2.05) is 11.3 Å². The Hall–Kier alpha value is -0.380. The van der Waals surface area contributed by atoms with Crippen LogP contribution in [0.1, 0.15) is 38.0 Å². The predicted molar refractivity (Wildman–Crippen MR) is 78.3 cm³/mol. The molecule has 1 aromatic rings. The van der Waals surface area contributed by atoms with E-state index in [2.05, 4.69) is 36.7 Å². The lowest BCUT2D eigenvalue weighted by atomic mass is 9.76. The lowest BCUT2D eigenvalue weighted by Crippen LogP contribution is -2.41. The molecule has 1 fully saturated rings. The Labute approximate surface area is 115 Å². The van der Waals surface area contributed by atoms with Crippen LogP contribution >= 0.6 is 11.3 Å². The molecule has 2 heterocycles. The first-order valence-electron chi connectivity index (χ1n) is 7.04. The van der Waals surface area contributed by atoms with Crippen molar-refractivity contribution in [2.45, 2.75) is 45.6 Å². The zero-order valence-electron chi connectivity index (χ0n) is 11.6. The zero-order valence-corrected chi connectivity index (χ0v) is 12.4. The third kappa shape index (κ3) is 4.08. The SMILES string of the molecule is CC(C)NCC1(CCc2cccs2)CCOCC1. The topological polar surface area (TPSA) is 21.3 Å². The summed E-state index contributed by atoms with van der Waals surface area (Å²) < 4.78 is 5.54. The van der Waals surface area contributed by atoms with Crippen LogP contribution in [0.2, 0.25) is 0 Å². The van der Waals surface area contributed by atoms with Crippen molar-refractivity contribution in [2.24, 2.45) is 5.41 Å². The van der Waals surface area contributed by atoms with Gasteiger partial charge in [0.15, 0.2) is 0 Å². The standard InChI is InChI=1S/C15H25NOS/c1-13(2)16-12-15(7-9-17-10-8-15)6-5-14-4-3-11-18-14/h3-4,11,13,16H,5-10,12H2,1-2H3. The molecule has 1 aliphatic heterocycles. The third-order valence-electron chi connectivity index (χ3n) is 3.92. The summed E-state index contributed by atoms with van der Waals surface area (Å²) in [5.74, 6) is 0.